The van der Waals surface area contributed by atoms with Gasteiger partial charge in [-0.15, -0.1) is 0 Å². The van der Waals surface area contributed by atoms with Gasteiger partial charge in [-0.05, 0) is 61.7 Å². The second-order valence-electron chi connectivity index (χ2n) is 6.20. The average Bonchev–Trinajstić information content (AvgIpc) is 2.61. The molecule has 2 aromatic rings. The van der Waals surface area contributed by atoms with Crippen LogP contribution in [-0.4, -0.2) is 17.9 Å². The van der Waals surface area contributed by atoms with Crippen LogP contribution >= 0.6 is 0 Å². The van der Waals surface area contributed by atoms with Gasteiger partial charge in [0.15, 0.2) is 6.10 Å². The molecule has 2 rings (SSSR count). The number of ether oxygens (including phenoxy) is 1. The molecule has 142 valence electrons. The lowest BCUT2D eigenvalue weighted by Crippen LogP contribution is -2.23. The minimum absolute atomic E-state index is 0.325. The Morgan fingerprint density at radius 1 is 1.00 bits per heavy atom. The lowest BCUT2D eigenvalue weighted by Gasteiger charge is -2.12. The van der Waals surface area contributed by atoms with Gasteiger partial charge in [0.25, 0.3) is 0 Å². The maximum Gasteiger partial charge on any atom is 0.416 e. The van der Waals surface area contributed by atoms with Crippen molar-refractivity contribution in [1.29, 1.82) is 0 Å². The van der Waals surface area contributed by atoms with Gasteiger partial charge < -0.3 is 4.74 Å². The Bertz CT molecular complexity index is 865. The standard InChI is InChI=1S/C21H19F3O3/c1-13-4-8-17(12-14(13)2)20(26)15(3)27-19(25)11-7-16-5-9-18(10-6-16)21(22,23)24/h4-12,15H,1-3H3/b11-7+/t15-/m0/s1. The van der Waals surface area contributed by atoms with Crippen LogP contribution in [0.15, 0.2) is 48.5 Å². The van der Waals surface area contributed by atoms with Crippen molar-refractivity contribution in [2.75, 3.05) is 0 Å². The van der Waals surface area contributed by atoms with Crippen LogP contribution in [0.3, 0.4) is 0 Å². The molecule has 0 aliphatic rings. The highest BCUT2D eigenvalue weighted by molar-refractivity contribution is 6.01. The third-order valence-electron chi connectivity index (χ3n) is 4.10. The molecule has 3 nitrogen and oxygen atoms in total. The number of alkyl halides is 3. The summed E-state index contributed by atoms with van der Waals surface area (Å²) >= 11 is 0. The van der Waals surface area contributed by atoms with Gasteiger partial charge in [-0.25, -0.2) is 4.79 Å². The van der Waals surface area contributed by atoms with Gasteiger partial charge in [0.05, 0.1) is 5.56 Å². The molecule has 2 aromatic carbocycles. The lowest BCUT2D eigenvalue weighted by atomic mass is 10.0. The van der Waals surface area contributed by atoms with Crippen molar-refractivity contribution in [3.8, 4) is 0 Å². The fraction of sp³-hybridized carbons (Fsp3) is 0.238. The van der Waals surface area contributed by atoms with Crippen LogP contribution in [0.5, 0.6) is 0 Å². The van der Waals surface area contributed by atoms with Gasteiger partial charge in [0.2, 0.25) is 5.78 Å². The molecule has 0 unspecified atom stereocenters. The smallest absolute Gasteiger partial charge is 0.416 e. The van der Waals surface area contributed by atoms with Crippen LogP contribution in [0.2, 0.25) is 0 Å². The molecular weight excluding hydrogens is 357 g/mol. The van der Waals surface area contributed by atoms with Gasteiger partial charge >= 0.3 is 12.1 Å². The zero-order valence-electron chi connectivity index (χ0n) is 15.1. The van der Waals surface area contributed by atoms with Crippen LogP contribution in [0.25, 0.3) is 6.08 Å². The topological polar surface area (TPSA) is 43.4 Å². The van der Waals surface area contributed by atoms with Gasteiger partial charge in [-0.3, -0.25) is 4.79 Å². The van der Waals surface area contributed by atoms with Crippen LogP contribution in [0.1, 0.15) is 39.5 Å². The molecule has 0 saturated carbocycles. The molecule has 6 heteroatoms. The van der Waals surface area contributed by atoms with E-state index < -0.39 is 23.8 Å². The first-order chi connectivity index (χ1) is 12.6. The van der Waals surface area contributed by atoms with Crippen molar-refractivity contribution in [1.82, 2.24) is 0 Å². The largest absolute Gasteiger partial charge is 0.451 e. The van der Waals surface area contributed by atoms with E-state index in [2.05, 4.69) is 0 Å². The molecule has 0 N–H and O–H groups in total. The number of esters is 1. The van der Waals surface area contributed by atoms with Gasteiger partial charge in [0, 0.05) is 11.6 Å². The molecule has 27 heavy (non-hydrogen) atoms. The van der Waals surface area contributed by atoms with Crippen molar-refractivity contribution in [3.05, 3.63) is 76.4 Å². The second-order valence-corrected chi connectivity index (χ2v) is 6.20. The van der Waals surface area contributed by atoms with Crippen molar-refractivity contribution in [2.45, 2.75) is 33.1 Å². The van der Waals surface area contributed by atoms with Gasteiger partial charge in [-0.2, -0.15) is 13.2 Å². The van der Waals surface area contributed by atoms with Gasteiger partial charge in [0.1, 0.15) is 0 Å². The Hall–Kier alpha value is -2.89. The van der Waals surface area contributed by atoms with E-state index in [1.54, 1.807) is 12.1 Å². The number of carbonyl (C=O) groups excluding carboxylic acids is 2. The second kappa shape index (κ2) is 8.20. The summed E-state index contributed by atoms with van der Waals surface area (Å²) in [5.41, 5.74) is 2.10. The summed E-state index contributed by atoms with van der Waals surface area (Å²) in [4.78, 5) is 24.2. The number of carbonyl (C=O) groups is 2. The highest BCUT2D eigenvalue weighted by Crippen LogP contribution is 2.29. The highest BCUT2D eigenvalue weighted by atomic mass is 19.4. The van der Waals surface area contributed by atoms with Crippen molar-refractivity contribution in [2.24, 2.45) is 0 Å². The predicted octanol–water partition coefficient (Wildman–Crippen LogP) is 5.15. The third-order valence-corrected chi connectivity index (χ3v) is 4.10. The highest BCUT2D eigenvalue weighted by Gasteiger charge is 2.29. The molecule has 0 aromatic heterocycles. The Morgan fingerprint density at radius 2 is 1.63 bits per heavy atom. The molecule has 0 amide bonds. The fourth-order valence-electron chi connectivity index (χ4n) is 2.34. The molecule has 0 aliphatic heterocycles. The number of aryl methyl sites for hydroxylation is 2. The molecule has 0 aliphatic carbocycles. The first-order valence-corrected chi connectivity index (χ1v) is 8.25. The minimum atomic E-state index is -4.41. The molecule has 1 atom stereocenters. The predicted molar refractivity (Wildman–Crippen MR) is 96.3 cm³/mol. The van der Waals surface area contributed by atoms with Crippen LogP contribution in [0.4, 0.5) is 13.2 Å². The summed E-state index contributed by atoms with van der Waals surface area (Å²) in [6, 6.07) is 9.58. The number of hydrogen-bond donors (Lipinski definition) is 0. The average molecular weight is 376 g/mol. The Kier molecular flexibility index (Phi) is 6.20. The number of ketones is 1. The monoisotopic (exact) mass is 376 g/mol. The maximum absolute atomic E-state index is 12.5. The quantitative estimate of drug-likeness (QED) is 0.412. The lowest BCUT2D eigenvalue weighted by molar-refractivity contribution is -0.140. The summed E-state index contributed by atoms with van der Waals surface area (Å²) < 4.78 is 42.6. The summed E-state index contributed by atoms with van der Waals surface area (Å²) in [5, 5.41) is 0. The van der Waals surface area contributed by atoms with E-state index in [-0.39, 0.29) is 5.78 Å². The molecule has 0 fully saturated rings. The molecule has 0 saturated heterocycles. The minimum Gasteiger partial charge on any atom is -0.451 e. The number of benzene rings is 2. The summed E-state index contributed by atoms with van der Waals surface area (Å²) in [7, 11) is 0. The summed E-state index contributed by atoms with van der Waals surface area (Å²) in [6.07, 6.45) is -2.98. The van der Waals surface area contributed by atoms with Crippen LogP contribution < -0.4 is 0 Å². The van der Waals surface area contributed by atoms with E-state index >= 15 is 0 Å². The SMILES string of the molecule is Cc1ccc(C(=O)[C@H](C)OC(=O)/C=C/c2ccc(C(F)(F)F)cc2)cc1C. The van der Waals surface area contributed by atoms with Crippen molar-refractivity contribution in [3.63, 3.8) is 0 Å². The number of rotatable bonds is 5. The third kappa shape index (κ3) is 5.54. The Labute approximate surface area is 155 Å². The van der Waals surface area contributed by atoms with Crippen LogP contribution in [-0.2, 0) is 15.7 Å². The zero-order chi connectivity index (χ0) is 20.2. The molecule has 0 heterocycles. The summed E-state index contributed by atoms with van der Waals surface area (Å²) in [5.74, 6) is -1.08. The maximum atomic E-state index is 12.5. The molecule has 0 radical (unpaired) electrons. The van der Waals surface area contributed by atoms with E-state index in [1.165, 1.54) is 25.1 Å². The van der Waals surface area contributed by atoms with E-state index in [9.17, 15) is 22.8 Å². The van der Waals surface area contributed by atoms with Crippen molar-refractivity contribution >= 4 is 17.8 Å². The van der Waals surface area contributed by atoms with E-state index in [1.807, 2.05) is 19.9 Å². The van der Waals surface area contributed by atoms with Crippen LogP contribution in [0, 0.1) is 13.8 Å². The first kappa shape index (κ1) is 20.4. The first-order valence-electron chi connectivity index (χ1n) is 8.25. The normalized spacial score (nSPS) is 12.8. The summed E-state index contributed by atoms with van der Waals surface area (Å²) in [6.45, 7) is 5.29. The molecule has 0 bridgehead atoms. The zero-order valence-corrected chi connectivity index (χ0v) is 15.1. The van der Waals surface area contributed by atoms with Gasteiger partial charge in [-0.1, -0.05) is 24.3 Å². The Balaban J connectivity index is 1.98. The molecular formula is C21H19F3O3. The Morgan fingerprint density at radius 3 is 2.19 bits per heavy atom. The van der Waals surface area contributed by atoms with E-state index in [0.29, 0.717) is 11.1 Å². The number of Topliss-reactive ketones (excluding diaryl/α,β-unsaturated/α-hetero) is 1. The fourth-order valence-corrected chi connectivity index (χ4v) is 2.34. The number of halogens is 3. The van der Waals surface area contributed by atoms with E-state index in [0.717, 1.165) is 29.3 Å². The van der Waals surface area contributed by atoms with E-state index in [4.69, 9.17) is 4.74 Å². The molecule has 0 spiro atoms. The van der Waals surface area contributed by atoms with Crippen molar-refractivity contribution < 1.29 is 27.5 Å². The number of hydrogen-bond acceptors (Lipinski definition) is 3.